The lowest BCUT2D eigenvalue weighted by molar-refractivity contribution is 0.0912. The van der Waals surface area contributed by atoms with E-state index in [9.17, 15) is 9.59 Å². The van der Waals surface area contributed by atoms with Gasteiger partial charge >= 0.3 is 6.03 Å². The average Bonchev–Trinajstić information content (AvgIpc) is 3.29. The highest BCUT2D eigenvalue weighted by molar-refractivity contribution is 6.04. The molecule has 2 aromatic rings. The van der Waals surface area contributed by atoms with E-state index in [0.29, 0.717) is 11.6 Å². The Kier molecular flexibility index (Phi) is 4.61. The minimum absolute atomic E-state index is 0.00103. The van der Waals surface area contributed by atoms with Crippen molar-refractivity contribution in [3.05, 3.63) is 36.4 Å². The molecule has 0 unspecified atom stereocenters. The maximum absolute atomic E-state index is 13.2. The molecule has 2 fully saturated rings. The summed E-state index contributed by atoms with van der Waals surface area (Å²) in [5.41, 5.74) is 0.820. The fourth-order valence-electron chi connectivity index (χ4n) is 4.68. The van der Waals surface area contributed by atoms with E-state index in [0.717, 1.165) is 57.3 Å². The van der Waals surface area contributed by atoms with Gasteiger partial charge in [-0.05, 0) is 37.8 Å². The molecule has 29 heavy (non-hydrogen) atoms. The predicted octanol–water partition coefficient (Wildman–Crippen LogP) is 3.27. The van der Waals surface area contributed by atoms with Gasteiger partial charge in [0.05, 0.1) is 17.9 Å². The number of carbonyl (C=O) groups is 2. The molecule has 0 spiro atoms. The van der Waals surface area contributed by atoms with Gasteiger partial charge in [0.25, 0.3) is 0 Å². The minimum atomic E-state index is -0.269. The quantitative estimate of drug-likeness (QED) is 0.806. The zero-order valence-electron chi connectivity index (χ0n) is 16.3. The first-order valence-electron chi connectivity index (χ1n) is 10.4. The summed E-state index contributed by atoms with van der Waals surface area (Å²) in [5.74, 6) is 1.26. The zero-order valence-corrected chi connectivity index (χ0v) is 16.3. The molecule has 150 valence electrons. The number of urea groups is 1. The highest BCUT2D eigenvalue weighted by atomic mass is 16.2. The van der Waals surface area contributed by atoms with Crippen LogP contribution in [-0.4, -0.2) is 45.9 Å². The number of nitrogens with one attached hydrogen (secondary N) is 1. The van der Waals surface area contributed by atoms with Crippen LogP contribution in [0.1, 0.15) is 49.1 Å². The number of fused-ring (bicyclic) bond motifs is 4. The molecule has 3 aliphatic rings. The number of aromatic nitrogens is 3. The van der Waals surface area contributed by atoms with Crippen molar-refractivity contribution in [2.75, 3.05) is 28.2 Å². The summed E-state index contributed by atoms with van der Waals surface area (Å²) in [7, 11) is 0. The number of hydrogen-bond acceptors (Lipinski definition) is 6. The number of Topliss-reactive ketones (excluding diaryl/α,β-unsaturated/α-hetero) is 1. The third-order valence-corrected chi connectivity index (χ3v) is 6.15. The zero-order chi connectivity index (χ0) is 19.8. The molecule has 1 saturated carbocycles. The first-order chi connectivity index (χ1) is 14.2. The van der Waals surface area contributed by atoms with Crippen molar-refractivity contribution >= 4 is 29.1 Å². The molecule has 8 heteroatoms. The van der Waals surface area contributed by atoms with Gasteiger partial charge in [-0.25, -0.2) is 19.7 Å². The van der Waals surface area contributed by atoms with E-state index in [2.05, 4.69) is 25.2 Å². The van der Waals surface area contributed by atoms with E-state index in [-0.39, 0.29) is 29.6 Å². The number of amides is 2. The van der Waals surface area contributed by atoms with E-state index in [4.69, 9.17) is 0 Å². The molecule has 1 N–H and O–H groups in total. The van der Waals surface area contributed by atoms with E-state index >= 15 is 0 Å². The van der Waals surface area contributed by atoms with Crippen LogP contribution in [0.5, 0.6) is 0 Å². The maximum Gasteiger partial charge on any atom is 0.329 e. The summed E-state index contributed by atoms with van der Waals surface area (Å²) in [4.78, 5) is 43.2. The van der Waals surface area contributed by atoms with Gasteiger partial charge in [0.1, 0.15) is 5.82 Å². The second-order valence-electron chi connectivity index (χ2n) is 8.01. The van der Waals surface area contributed by atoms with Crippen LogP contribution in [0, 0.1) is 5.92 Å². The number of hydrogen-bond donors (Lipinski definition) is 1. The number of ketones is 1. The normalized spacial score (nSPS) is 21.0. The number of rotatable bonds is 3. The number of piperidine rings is 1. The number of nitrogens with zero attached hydrogens (tertiary/aromatic N) is 5. The van der Waals surface area contributed by atoms with Crippen molar-refractivity contribution < 1.29 is 9.59 Å². The van der Waals surface area contributed by atoms with Crippen LogP contribution in [0.2, 0.25) is 0 Å². The third-order valence-electron chi connectivity index (χ3n) is 6.15. The average molecular weight is 392 g/mol. The lowest BCUT2D eigenvalue weighted by atomic mass is 9.99. The molecule has 2 aliphatic heterocycles. The van der Waals surface area contributed by atoms with Crippen LogP contribution in [0.4, 0.5) is 22.1 Å². The summed E-state index contributed by atoms with van der Waals surface area (Å²) in [5, 5.41) is 2.87. The Morgan fingerprint density at radius 1 is 1.07 bits per heavy atom. The molecule has 0 radical (unpaired) electrons. The van der Waals surface area contributed by atoms with Crippen molar-refractivity contribution in [1.82, 2.24) is 15.0 Å². The van der Waals surface area contributed by atoms with Crippen LogP contribution >= 0.6 is 0 Å². The van der Waals surface area contributed by atoms with E-state index in [1.807, 2.05) is 6.07 Å². The fraction of sp³-hybridized carbons (Fsp3) is 0.476. The molecule has 0 aromatic carbocycles. The van der Waals surface area contributed by atoms with Gasteiger partial charge < -0.3 is 4.90 Å². The largest absolute Gasteiger partial charge is 0.365 e. The smallest absolute Gasteiger partial charge is 0.329 e. The Balaban J connectivity index is 1.50. The molecule has 1 aliphatic carbocycles. The maximum atomic E-state index is 13.2. The van der Waals surface area contributed by atoms with Gasteiger partial charge in [-0.3, -0.25) is 15.0 Å². The molecule has 2 bridgehead atoms. The van der Waals surface area contributed by atoms with Gasteiger partial charge in [0.15, 0.2) is 11.6 Å². The molecule has 5 rings (SSSR count). The molecule has 1 atom stereocenters. The summed E-state index contributed by atoms with van der Waals surface area (Å²) in [6.07, 6.45) is 9.22. The monoisotopic (exact) mass is 392 g/mol. The van der Waals surface area contributed by atoms with Gasteiger partial charge in [-0.15, -0.1) is 0 Å². The second kappa shape index (κ2) is 7.42. The van der Waals surface area contributed by atoms with Crippen molar-refractivity contribution in [3.63, 3.8) is 0 Å². The molecule has 1 saturated heterocycles. The minimum Gasteiger partial charge on any atom is -0.365 e. The Hall–Kier alpha value is -3.03. The highest BCUT2D eigenvalue weighted by Crippen LogP contribution is 2.38. The number of pyridine rings is 1. The summed E-state index contributed by atoms with van der Waals surface area (Å²) >= 11 is 0. The topological polar surface area (TPSA) is 91.3 Å². The van der Waals surface area contributed by atoms with Crippen LogP contribution in [0.15, 0.2) is 30.6 Å². The number of carbonyl (C=O) groups excluding carboxylic acids is 2. The summed E-state index contributed by atoms with van der Waals surface area (Å²) in [6.45, 7) is 1.67. The SMILES string of the molecule is O=C(c1ncc2c(n1)N(C(=O)Nc1ccccn1)[C@H]1CCCN2C1)C1CCCC1. The summed E-state index contributed by atoms with van der Waals surface area (Å²) < 4.78 is 0. The van der Waals surface area contributed by atoms with Crippen LogP contribution in [0.25, 0.3) is 0 Å². The Morgan fingerprint density at radius 2 is 1.93 bits per heavy atom. The Morgan fingerprint density at radius 3 is 2.72 bits per heavy atom. The van der Waals surface area contributed by atoms with Gasteiger partial charge in [-0.1, -0.05) is 18.9 Å². The lowest BCUT2D eigenvalue weighted by Crippen LogP contribution is -2.56. The van der Waals surface area contributed by atoms with Gasteiger partial charge in [0.2, 0.25) is 5.78 Å². The van der Waals surface area contributed by atoms with Crippen LogP contribution in [-0.2, 0) is 0 Å². The highest BCUT2D eigenvalue weighted by Gasteiger charge is 2.39. The summed E-state index contributed by atoms with van der Waals surface area (Å²) in [6, 6.07) is 5.14. The fourth-order valence-corrected chi connectivity index (χ4v) is 4.68. The van der Waals surface area contributed by atoms with Crippen molar-refractivity contribution in [2.24, 2.45) is 5.92 Å². The Labute approximate surface area is 169 Å². The van der Waals surface area contributed by atoms with E-state index in [1.165, 1.54) is 0 Å². The lowest BCUT2D eigenvalue weighted by Gasteiger charge is -2.45. The molecular formula is C21H24N6O2. The molecule has 2 aromatic heterocycles. The first kappa shape index (κ1) is 18.0. The van der Waals surface area contributed by atoms with Crippen LogP contribution < -0.4 is 15.1 Å². The van der Waals surface area contributed by atoms with Crippen molar-refractivity contribution in [2.45, 2.75) is 44.6 Å². The first-order valence-corrected chi connectivity index (χ1v) is 10.4. The molecule has 8 nitrogen and oxygen atoms in total. The van der Waals surface area contributed by atoms with Gasteiger partial charge in [-0.2, -0.15) is 0 Å². The molecular weight excluding hydrogens is 368 g/mol. The van der Waals surface area contributed by atoms with Crippen LogP contribution in [0.3, 0.4) is 0 Å². The predicted molar refractivity (Wildman–Crippen MR) is 109 cm³/mol. The van der Waals surface area contributed by atoms with Crippen molar-refractivity contribution in [1.29, 1.82) is 0 Å². The molecule has 4 heterocycles. The van der Waals surface area contributed by atoms with Gasteiger partial charge in [0, 0.05) is 25.2 Å². The Bertz CT molecular complexity index is 928. The van der Waals surface area contributed by atoms with E-state index in [1.54, 1.807) is 29.4 Å². The number of anilines is 3. The van der Waals surface area contributed by atoms with E-state index < -0.39 is 0 Å². The second-order valence-corrected chi connectivity index (χ2v) is 8.01. The van der Waals surface area contributed by atoms with Crippen molar-refractivity contribution in [3.8, 4) is 0 Å². The third kappa shape index (κ3) is 3.32. The molecule has 2 amide bonds. The standard InChI is InChI=1S/C21H24N6O2/c28-18(14-6-1-2-7-14)19-23-12-16-20(25-19)27(15-8-5-11-26(16)13-15)21(29)24-17-9-3-4-10-22-17/h3-4,9-10,12,14-15H,1-2,5-8,11,13H2,(H,22,24,29)/t15-/m0/s1.